The van der Waals surface area contributed by atoms with Gasteiger partial charge < -0.3 is 4.74 Å². The van der Waals surface area contributed by atoms with E-state index in [1.807, 2.05) is 32.4 Å². The van der Waals surface area contributed by atoms with Crippen molar-refractivity contribution in [2.45, 2.75) is 65.5 Å². The maximum atomic E-state index is 12.0. The van der Waals surface area contributed by atoms with Crippen LogP contribution in [0, 0.1) is 12.8 Å². The molecule has 1 aromatic heterocycles. The van der Waals surface area contributed by atoms with E-state index in [4.69, 9.17) is 4.74 Å². The molecule has 0 atom stereocenters. The van der Waals surface area contributed by atoms with Gasteiger partial charge >= 0.3 is 5.97 Å². The van der Waals surface area contributed by atoms with Gasteiger partial charge in [0, 0.05) is 6.54 Å². The van der Waals surface area contributed by atoms with Crippen molar-refractivity contribution in [3.63, 3.8) is 0 Å². The molecule has 0 unspecified atom stereocenters. The molecule has 19 heavy (non-hydrogen) atoms. The third-order valence-corrected chi connectivity index (χ3v) is 3.48. The number of rotatable bonds is 3. The Morgan fingerprint density at radius 1 is 1.37 bits per heavy atom. The first kappa shape index (κ1) is 14.0. The molecule has 1 fully saturated rings. The Labute approximate surface area is 114 Å². The summed E-state index contributed by atoms with van der Waals surface area (Å²) in [5, 5.41) is 8.08. The van der Waals surface area contributed by atoms with Crippen molar-refractivity contribution in [3.05, 3.63) is 11.4 Å². The first-order chi connectivity index (χ1) is 8.87. The van der Waals surface area contributed by atoms with Crippen molar-refractivity contribution in [1.82, 2.24) is 15.0 Å². The van der Waals surface area contributed by atoms with Crippen LogP contribution in [-0.4, -0.2) is 26.6 Å². The van der Waals surface area contributed by atoms with E-state index in [-0.39, 0.29) is 5.97 Å². The Balaban J connectivity index is 2.06. The van der Waals surface area contributed by atoms with Gasteiger partial charge in [0.25, 0.3) is 0 Å². The van der Waals surface area contributed by atoms with Crippen molar-refractivity contribution in [2.24, 2.45) is 5.92 Å². The van der Waals surface area contributed by atoms with Crippen molar-refractivity contribution in [3.8, 4) is 0 Å². The van der Waals surface area contributed by atoms with Gasteiger partial charge in [0.2, 0.25) is 0 Å². The lowest BCUT2D eigenvalue weighted by atomic mass is 10.1. The number of hydrogen-bond acceptors (Lipinski definition) is 4. The number of carbonyl (C=O) groups is 1. The first-order valence-electron chi connectivity index (χ1n) is 7.00. The lowest BCUT2D eigenvalue weighted by molar-refractivity contribution is 0.00618. The van der Waals surface area contributed by atoms with Crippen molar-refractivity contribution in [1.29, 1.82) is 0 Å². The maximum absolute atomic E-state index is 12.0. The summed E-state index contributed by atoms with van der Waals surface area (Å²) < 4.78 is 7.18. The van der Waals surface area contributed by atoms with Crippen LogP contribution in [0.2, 0.25) is 0 Å². The molecular formula is C14H23N3O2. The SMILES string of the molecule is Cc1c(C(=O)OC(C)(C)C)nnn1CC1CCCC1. The molecule has 0 radical (unpaired) electrons. The number of ether oxygens (including phenoxy) is 1. The highest BCUT2D eigenvalue weighted by molar-refractivity contribution is 5.88. The van der Waals surface area contributed by atoms with E-state index < -0.39 is 5.60 Å². The normalized spacial score (nSPS) is 16.8. The van der Waals surface area contributed by atoms with Gasteiger partial charge in [-0.15, -0.1) is 5.10 Å². The highest BCUT2D eigenvalue weighted by Gasteiger charge is 2.24. The molecule has 0 spiro atoms. The van der Waals surface area contributed by atoms with Crippen LogP contribution >= 0.6 is 0 Å². The molecule has 0 aliphatic heterocycles. The quantitative estimate of drug-likeness (QED) is 0.788. The summed E-state index contributed by atoms with van der Waals surface area (Å²) in [5.74, 6) is 0.287. The van der Waals surface area contributed by atoms with Crippen LogP contribution < -0.4 is 0 Å². The molecule has 5 heteroatoms. The van der Waals surface area contributed by atoms with Crippen LogP contribution in [0.1, 0.15) is 62.6 Å². The van der Waals surface area contributed by atoms with E-state index >= 15 is 0 Å². The highest BCUT2D eigenvalue weighted by atomic mass is 16.6. The molecule has 1 aliphatic rings. The number of esters is 1. The molecular weight excluding hydrogens is 242 g/mol. The lowest BCUT2D eigenvalue weighted by Gasteiger charge is -2.18. The zero-order valence-corrected chi connectivity index (χ0v) is 12.3. The number of nitrogens with zero attached hydrogens (tertiary/aromatic N) is 3. The van der Waals surface area contributed by atoms with Gasteiger partial charge in [-0.2, -0.15) is 0 Å². The summed E-state index contributed by atoms with van der Waals surface area (Å²) in [4.78, 5) is 12.0. The van der Waals surface area contributed by atoms with E-state index in [1.165, 1.54) is 25.7 Å². The topological polar surface area (TPSA) is 57.0 Å². The van der Waals surface area contributed by atoms with Crippen molar-refractivity contribution >= 4 is 5.97 Å². The Morgan fingerprint density at radius 2 is 2.00 bits per heavy atom. The number of hydrogen-bond donors (Lipinski definition) is 0. The fourth-order valence-corrected chi connectivity index (χ4v) is 2.49. The molecule has 1 aromatic rings. The monoisotopic (exact) mass is 265 g/mol. The van der Waals surface area contributed by atoms with Crippen molar-refractivity contribution in [2.75, 3.05) is 0 Å². The second-order valence-electron chi connectivity index (χ2n) is 6.36. The minimum atomic E-state index is -0.501. The summed E-state index contributed by atoms with van der Waals surface area (Å²) in [7, 11) is 0. The van der Waals surface area contributed by atoms with Gasteiger partial charge in [0.15, 0.2) is 5.69 Å². The molecule has 2 rings (SSSR count). The average Bonchev–Trinajstić information content (AvgIpc) is 2.88. The molecule has 0 saturated heterocycles. The van der Waals surface area contributed by atoms with E-state index in [0.29, 0.717) is 11.6 Å². The van der Waals surface area contributed by atoms with Crippen LogP contribution in [-0.2, 0) is 11.3 Å². The summed E-state index contributed by atoms with van der Waals surface area (Å²) in [6, 6.07) is 0. The molecule has 0 N–H and O–H groups in total. The Bertz CT molecular complexity index is 454. The molecule has 5 nitrogen and oxygen atoms in total. The molecule has 0 aromatic carbocycles. The zero-order valence-electron chi connectivity index (χ0n) is 12.3. The van der Waals surface area contributed by atoms with E-state index in [1.54, 1.807) is 0 Å². The second-order valence-corrected chi connectivity index (χ2v) is 6.36. The molecule has 0 bridgehead atoms. The predicted octanol–water partition coefficient (Wildman–Crippen LogP) is 2.73. The van der Waals surface area contributed by atoms with E-state index in [9.17, 15) is 4.79 Å². The van der Waals surface area contributed by atoms with Crippen LogP contribution in [0.3, 0.4) is 0 Å². The van der Waals surface area contributed by atoms with E-state index in [0.717, 1.165) is 12.2 Å². The fourth-order valence-electron chi connectivity index (χ4n) is 2.49. The highest BCUT2D eigenvalue weighted by Crippen LogP contribution is 2.26. The first-order valence-corrected chi connectivity index (χ1v) is 7.00. The molecule has 1 heterocycles. The number of carbonyl (C=O) groups excluding carboxylic acids is 1. The number of aromatic nitrogens is 3. The maximum Gasteiger partial charge on any atom is 0.361 e. The third kappa shape index (κ3) is 3.55. The Hall–Kier alpha value is -1.39. The van der Waals surface area contributed by atoms with Gasteiger partial charge in [-0.05, 0) is 46.5 Å². The van der Waals surface area contributed by atoms with E-state index in [2.05, 4.69) is 10.3 Å². The van der Waals surface area contributed by atoms with Crippen LogP contribution in [0.15, 0.2) is 0 Å². The minimum absolute atomic E-state index is 0.341. The predicted molar refractivity (Wildman–Crippen MR) is 71.9 cm³/mol. The molecule has 106 valence electrons. The van der Waals surface area contributed by atoms with Crippen LogP contribution in [0.25, 0.3) is 0 Å². The lowest BCUT2D eigenvalue weighted by Crippen LogP contribution is -2.24. The molecule has 1 aliphatic carbocycles. The Morgan fingerprint density at radius 3 is 2.58 bits per heavy atom. The molecule has 0 amide bonds. The smallest absolute Gasteiger partial charge is 0.361 e. The Kier molecular flexibility index (Phi) is 3.92. The van der Waals surface area contributed by atoms with Gasteiger partial charge in [-0.1, -0.05) is 18.1 Å². The van der Waals surface area contributed by atoms with Crippen LogP contribution in [0.4, 0.5) is 0 Å². The second kappa shape index (κ2) is 5.31. The minimum Gasteiger partial charge on any atom is -0.455 e. The summed E-state index contributed by atoms with van der Waals surface area (Å²) in [5.41, 5.74) is 0.646. The zero-order chi connectivity index (χ0) is 14.0. The largest absolute Gasteiger partial charge is 0.455 e. The van der Waals surface area contributed by atoms with Gasteiger partial charge in [-0.3, -0.25) is 0 Å². The third-order valence-electron chi connectivity index (χ3n) is 3.48. The van der Waals surface area contributed by atoms with Gasteiger partial charge in [0.1, 0.15) is 5.60 Å². The van der Waals surface area contributed by atoms with Gasteiger partial charge in [-0.25, -0.2) is 9.48 Å². The average molecular weight is 265 g/mol. The standard InChI is InChI=1S/C14H23N3O2/c1-10-12(13(18)19-14(2,3)4)15-16-17(10)9-11-7-5-6-8-11/h11H,5-9H2,1-4H3. The molecule has 1 saturated carbocycles. The summed E-state index contributed by atoms with van der Waals surface area (Å²) in [6.07, 6.45) is 5.11. The summed E-state index contributed by atoms with van der Waals surface area (Å²) in [6.45, 7) is 8.30. The van der Waals surface area contributed by atoms with Gasteiger partial charge in [0.05, 0.1) is 5.69 Å². The van der Waals surface area contributed by atoms with Crippen LogP contribution in [0.5, 0.6) is 0 Å². The summed E-state index contributed by atoms with van der Waals surface area (Å²) >= 11 is 0. The van der Waals surface area contributed by atoms with Crippen molar-refractivity contribution < 1.29 is 9.53 Å². The fraction of sp³-hybridized carbons (Fsp3) is 0.786.